The normalized spacial score (nSPS) is 15.8. The van der Waals surface area contributed by atoms with Crippen LogP contribution < -0.4 is 5.32 Å². The van der Waals surface area contributed by atoms with Crippen molar-refractivity contribution in [2.45, 2.75) is 84.5 Å². The van der Waals surface area contributed by atoms with Crippen LogP contribution in [0, 0.1) is 12.8 Å². The van der Waals surface area contributed by atoms with Crippen LogP contribution in [-0.2, 0) is 26.0 Å². The predicted octanol–water partition coefficient (Wildman–Crippen LogP) is 5.48. The average molecular weight is 601 g/mol. The number of aliphatic carboxylic acids is 1. The minimum absolute atomic E-state index is 0.115. The van der Waals surface area contributed by atoms with Gasteiger partial charge < -0.3 is 20.1 Å². The predicted molar refractivity (Wildman–Crippen MR) is 167 cm³/mol. The fourth-order valence-electron chi connectivity index (χ4n) is 5.78. The molecule has 9 heteroatoms. The Morgan fingerprint density at radius 1 is 1.05 bits per heavy atom. The maximum atomic E-state index is 13.4. The van der Waals surface area contributed by atoms with Crippen LogP contribution in [0.1, 0.15) is 80.3 Å². The topological polar surface area (TPSA) is 113 Å². The Morgan fingerprint density at radius 3 is 2.36 bits per heavy atom. The quantitative estimate of drug-likeness (QED) is 0.262. The van der Waals surface area contributed by atoms with E-state index in [1.807, 2.05) is 43.3 Å². The Kier molecular flexibility index (Phi) is 13.0. The van der Waals surface area contributed by atoms with Crippen molar-refractivity contribution < 1.29 is 27.9 Å². The summed E-state index contributed by atoms with van der Waals surface area (Å²) in [6, 6.07) is 12.0. The van der Waals surface area contributed by atoms with Gasteiger partial charge in [-0.15, -0.1) is 0 Å². The molecule has 0 aromatic heterocycles. The van der Waals surface area contributed by atoms with Crippen molar-refractivity contribution >= 4 is 21.7 Å². The minimum Gasteiger partial charge on any atom is -0.480 e. The van der Waals surface area contributed by atoms with Gasteiger partial charge in [0.25, 0.3) is 5.91 Å². The van der Waals surface area contributed by atoms with Crippen LogP contribution in [0.3, 0.4) is 0 Å². The Bertz CT molecular complexity index is 1290. The van der Waals surface area contributed by atoms with Gasteiger partial charge in [0.05, 0.1) is 18.5 Å². The van der Waals surface area contributed by atoms with Gasteiger partial charge in [-0.3, -0.25) is 4.79 Å². The SMILES string of the molecule is CCN(CC)CC(CC1CCCCC1)OCc1ccc(C(=O)NC(CCS(C)(=O)=O)C(=O)O)c(-c2ccccc2C)c1. The van der Waals surface area contributed by atoms with E-state index in [2.05, 4.69) is 24.1 Å². The van der Waals surface area contributed by atoms with Crippen molar-refractivity contribution in [2.75, 3.05) is 31.6 Å². The molecule has 2 aromatic rings. The summed E-state index contributed by atoms with van der Waals surface area (Å²) in [5, 5.41) is 12.2. The number of carboxylic acids is 1. The summed E-state index contributed by atoms with van der Waals surface area (Å²) in [7, 11) is -3.38. The molecule has 1 aliphatic carbocycles. The molecular formula is C33H48N2O6S. The van der Waals surface area contributed by atoms with Gasteiger partial charge in [0.1, 0.15) is 15.9 Å². The largest absolute Gasteiger partial charge is 0.480 e. The first kappa shape index (κ1) is 33.7. The Balaban J connectivity index is 1.86. The van der Waals surface area contributed by atoms with Crippen LogP contribution in [0.4, 0.5) is 0 Å². The van der Waals surface area contributed by atoms with Gasteiger partial charge in [-0.2, -0.15) is 0 Å². The molecule has 0 aliphatic heterocycles. The molecule has 1 fully saturated rings. The highest BCUT2D eigenvalue weighted by atomic mass is 32.2. The van der Waals surface area contributed by atoms with Crippen molar-refractivity contribution in [1.29, 1.82) is 0 Å². The molecule has 1 aliphatic rings. The molecule has 3 rings (SSSR count). The minimum atomic E-state index is -3.38. The van der Waals surface area contributed by atoms with Crippen molar-refractivity contribution in [3.05, 3.63) is 59.2 Å². The zero-order chi connectivity index (χ0) is 30.7. The number of ether oxygens (including phenoxy) is 1. The first-order valence-electron chi connectivity index (χ1n) is 15.2. The second-order valence-corrected chi connectivity index (χ2v) is 13.9. The first-order chi connectivity index (χ1) is 20.0. The van der Waals surface area contributed by atoms with Crippen molar-refractivity contribution in [3.63, 3.8) is 0 Å². The zero-order valence-corrected chi connectivity index (χ0v) is 26.4. The zero-order valence-electron chi connectivity index (χ0n) is 25.6. The lowest BCUT2D eigenvalue weighted by Gasteiger charge is -2.30. The van der Waals surface area contributed by atoms with Gasteiger partial charge in [-0.1, -0.05) is 76.3 Å². The average Bonchev–Trinajstić information content (AvgIpc) is 2.96. The van der Waals surface area contributed by atoms with E-state index < -0.39 is 27.8 Å². The van der Waals surface area contributed by atoms with Crippen LogP contribution in [0.2, 0.25) is 0 Å². The van der Waals surface area contributed by atoms with E-state index in [9.17, 15) is 23.1 Å². The number of nitrogens with zero attached hydrogens (tertiary/aromatic N) is 1. The lowest BCUT2D eigenvalue weighted by Crippen LogP contribution is -2.42. The number of amides is 1. The first-order valence-corrected chi connectivity index (χ1v) is 17.3. The molecule has 42 heavy (non-hydrogen) atoms. The lowest BCUT2D eigenvalue weighted by atomic mass is 9.85. The number of likely N-dealkylation sites (N-methyl/N-ethyl adjacent to an activating group) is 1. The number of nitrogens with one attached hydrogen (secondary N) is 1. The van der Waals surface area contributed by atoms with Gasteiger partial charge in [0.15, 0.2) is 0 Å². The molecule has 1 saturated carbocycles. The highest BCUT2D eigenvalue weighted by Gasteiger charge is 2.25. The van der Waals surface area contributed by atoms with Crippen molar-refractivity contribution in [3.8, 4) is 11.1 Å². The Labute approximate surface area is 251 Å². The summed E-state index contributed by atoms with van der Waals surface area (Å²) in [6.07, 6.45) is 8.45. The maximum absolute atomic E-state index is 13.4. The van der Waals surface area contributed by atoms with E-state index in [4.69, 9.17) is 4.74 Å². The van der Waals surface area contributed by atoms with Gasteiger partial charge in [0.2, 0.25) is 0 Å². The van der Waals surface area contributed by atoms with Crippen LogP contribution in [0.15, 0.2) is 42.5 Å². The van der Waals surface area contributed by atoms with Gasteiger partial charge in [0, 0.05) is 18.4 Å². The van der Waals surface area contributed by atoms with E-state index in [-0.39, 0.29) is 18.3 Å². The van der Waals surface area contributed by atoms with E-state index in [0.29, 0.717) is 23.7 Å². The maximum Gasteiger partial charge on any atom is 0.326 e. The van der Waals surface area contributed by atoms with E-state index in [1.54, 1.807) is 6.07 Å². The van der Waals surface area contributed by atoms with Crippen LogP contribution >= 0.6 is 0 Å². The number of carbonyl (C=O) groups is 2. The number of carboxylic acid groups (broad SMARTS) is 1. The van der Waals surface area contributed by atoms with Crippen LogP contribution in [0.5, 0.6) is 0 Å². The second-order valence-electron chi connectivity index (χ2n) is 11.6. The summed E-state index contributed by atoms with van der Waals surface area (Å²) in [6.45, 7) is 9.57. The number of sulfone groups is 1. The van der Waals surface area contributed by atoms with Gasteiger partial charge >= 0.3 is 5.97 Å². The number of hydrogen-bond donors (Lipinski definition) is 2. The molecule has 1 amide bonds. The van der Waals surface area contributed by atoms with Gasteiger partial charge in [-0.25, -0.2) is 13.2 Å². The van der Waals surface area contributed by atoms with Crippen LogP contribution in [0.25, 0.3) is 11.1 Å². The molecule has 0 radical (unpaired) electrons. The molecule has 2 unspecified atom stereocenters. The van der Waals surface area contributed by atoms with Crippen molar-refractivity contribution in [1.82, 2.24) is 10.2 Å². The van der Waals surface area contributed by atoms with Crippen molar-refractivity contribution in [2.24, 2.45) is 5.92 Å². The third-order valence-corrected chi connectivity index (χ3v) is 9.28. The fraction of sp³-hybridized carbons (Fsp3) is 0.576. The molecule has 2 aromatic carbocycles. The van der Waals surface area contributed by atoms with E-state index >= 15 is 0 Å². The standard InChI is InChI=1S/C33H48N2O6S/c1-5-35(6-2)22-27(20-25-13-8-7-9-14-25)41-23-26-16-17-29(30(21-26)28-15-11-10-12-24(28)3)32(36)34-31(33(37)38)18-19-42(4,39)40/h10-12,15-17,21,25,27,31H,5-9,13-14,18-20,22-23H2,1-4H3,(H,34,36)(H,37,38). The molecule has 0 heterocycles. The Morgan fingerprint density at radius 2 is 1.74 bits per heavy atom. The highest BCUT2D eigenvalue weighted by molar-refractivity contribution is 7.90. The summed E-state index contributed by atoms with van der Waals surface area (Å²) < 4.78 is 29.8. The summed E-state index contributed by atoms with van der Waals surface area (Å²) >= 11 is 0. The number of rotatable bonds is 16. The number of carbonyl (C=O) groups excluding carboxylic acids is 1. The van der Waals surface area contributed by atoms with E-state index in [1.165, 1.54) is 32.1 Å². The van der Waals surface area contributed by atoms with Gasteiger partial charge in [-0.05, 0) is 73.2 Å². The third-order valence-electron chi connectivity index (χ3n) is 8.31. The second kappa shape index (κ2) is 16.2. The molecule has 0 bridgehead atoms. The molecule has 8 nitrogen and oxygen atoms in total. The summed E-state index contributed by atoms with van der Waals surface area (Å²) in [4.78, 5) is 27.6. The number of hydrogen-bond acceptors (Lipinski definition) is 6. The lowest BCUT2D eigenvalue weighted by molar-refractivity contribution is -0.139. The molecule has 0 saturated heterocycles. The summed E-state index contributed by atoms with van der Waals surface area (Å²) in [5.74, 6) is -1.47. The Hall–Kier alpha value is -2.75. The molecular weight excluding hydrogens is 552 g/mol. The third kappa shape index (κ3) is 10.5. The number of aryl methyl sites for hydroxylation is 1. The molecule has 232 valence electrons. The monoisotopic (exact) mass is 600 g/mol. The van der Waals surface area contributed by atoms with E-state index in [0.717, 1.165) is 49.0 Å². The smallest absolute Gasteiger partial charge is 0.326 e. The summed E-state index contributed by atoms with van der Waals surface area (Å²) in [5.41, 5.74) is 3.81. The molecule has 2 N–H and O–H groups in total. The molecule has 2 atom stereocenters. The number of benzene rings is 2. The molecule has 0 spiro atoms. The van der Waals surface area contributed by atoms with Crippen LogP contribution in [-0.4, -0.2) is 74.1 Å². The highest BCUT2D eigenvalue weighted by Crippen LogP contribution is 2.31. The fourth-order valence-corrected chi connectivity index (χ4v) is 6.44.